The molecule has 88 valence electrons. The number of halogens is 1. The first kappa shape index (κ1) is 12.8. The van der Waals surface area contributed by atoms with Crippen LogP contribution in [-0.4, -0.2) is 12.5 Å². The van der Waals surface area contributed by atoms with E-state index in [9.17, 15) is 4.79 Å². The van der Waals surface area contributed by atoms with Gasteiger partial charge in [-0.1, -0.05) is 37.4 Å². The van der Waals surface area contributed by atoms with E-state index in [1.807, 2.05) is 0 Å². The van der Waals surface area contributed by atoms with Gasteiger partial charge in [-0.25, -0.2) is 0 Å². The van der Waals surface area contributed by atoms with Crippen molar-refractivity contribution in [3.05, 3.63) is 28.8 Å². The summed E-state index contributed by atoms with van der Waals surface area (Å²) in [6.07, 6.45) is 3.24. The summed E-state index contributed by atoms with van der Waals surface area (Å²) in [6, 6.07) is 5.07. The SMILES string of the molecule is CCCCCNC(=O)c1cccc(Cl)c1N. The van der Waals surface area contributed by atoms with Crippen LogP contribution in [0.15, 0.2) is 18.2 Å². The third-order valence-corrected chi connectivity index (χ3v) is 2.69. The second-order valence-electron chi connectivity index (χ2n) is 3.66. The molecule has 0 fully saturated rings. The lowest BCUT2D eigenvalue weighted by molar-refractivity contribution is 0.0954. The zero-order chi connectivity index (χ0) is 12.0. The van der Waals surface area contributed by atoms with Crippen molar-refractivity contribution in [2.45, 2.75) is 26.2 Å². The van der Waals surface area contributed by atoms with Gasteiger partial charge in [-0.05, 0) is 18.6 Å². The lowest BCUT2D eigenvalue weighted by Crippen LogP contribution is -2.25. The number of nitrogens with two attached hydrogens (primary N) is 1. The fraction of sp³-hybridized carbons (Fsp3) is 0.417. The molecule has 0 saturated heterocycles. The number of anilines is 1. The molecule has 0 aromatic heterocycles. The van der Waals surface area contributed by atoms with Gasteiger partial charge in [0.2, 0.25) is 0 Å². The normalized spacial score (nSPS) is 10.1. The number of nitrogen functional groups attached to an aromatic ring is 1. The molecule has 0 aliphatic rings. The van der Waals surface area contributed by atoms with Crippen LogP contribution < -0.4 is 11.1 Å². The summed E-state index contributed by atoms with van der Waals surface area (Å²) in [5, 5.41) is 3.24. The highest BCUT2D eigenvalue weighted by atomic mass is 35.5. The predicted octanol–water partition coefficient (Wildman–Crippen LogP) is 2.84. The van der Waals surface area contributed by atoms with Crippen molar-refractivity contribution in [3.8, 4) is 0 Å². The monoisotopic (exact) mass is 240 g/mol. The van der Waals surface area contributed by atoms with E-state index in [2.05, 4.69) is 12.2 Å². The molecule has 0 atom stereocenters. The van der Waals surface area contributed by atoms with Crippen LogP contribution in [0, 0.1) is 0 Å². The highest BCUT2D eigenvalue weighted by molar-refractivity contribution is 6.33. The Hall–Kier alpha value is -1.22. The largest absolute Gasteiger partial charge is 0.397 e. The summed E-state index contributed by atoms with van der Waals surface area (Å²) in [6.45, 7) is 2.80. The molecule has 0 unspecified atom stereocenters. The number of para-hydroxylation sites is 1. The minimum atomic E-state index is -0.156. The molecule has 0 bridgehead atoms. The van der Waals surface area contributed by atoms with Crippen molar-refractivity contribution in [3.63, 3.8) is 0 Å². The van der Waals surface area contributed by atoms with E-state index < -0.39 is 0 Å². The number of carbonyl (C=O) groups is 1. The molecule has 0 spiro atoms. The summed E-state index contributed by atoms with van der Waals surface area (Å²) >= 11 is 5.84. The topological polar surface area (TPSA) is 55.1 Å². The molecule has 16 heavy (non-hydrogen) atoms. The number of carbonyl (C=O) groups excluding carboxylic acids is 1. The lowest BCUT2D eigenvalue weighted by Gasteiger charge is -2.08. The Morgan fingerprint density at radius 1 is 1.44 bits per heavy atom. The maximum Gasteiger partial charge on any atom is 0.253 e. The van der Waals surface area contributed by atoms with Crippen LogP contribution >= 0.6 is 11.6 Å². The average molecular weight is 241 g/mol. The molecular weight excluding hydrogens is 224 g/mol. The van der Waals surface area contributed by atoms with E-state index in [-0.39, 0.29) is 5.91 Å². The number of hydrogen-bond donors (Lipinski definition) is 2. The first-order chi connectivity index (χ1) is 7.66. The van der Waals surface area contributed by atoms with E-state index in [1.165, 1.54) is 0 Å². The molecule has 1 aromatic rings. The first-order valence-corrected chi connectivity index (χ1v) is 5.86. The van der Waals surface area contributed by atoms with Crippen LogP contribution in [0.25, 0.3) is 0 Å². The Kier molecular flexibility index (Phi) is 5.12. The van der Waals surface area contributed by atoms with Crippen molar-refractivity contribution in [2.75, 3.05) is 12.3 Å². The van der Waals surface area contributed by atoms with Gasteiger partial charge in [0, 0.05) is 6.54 Å². The average Bonchev–Trinajstić information content (AvgIpc) is 2.28. The molecule has 0 heterocycles. The van der Waals surface area contributed by atoms with Gasteiger partial charge in [-0.3, -0.25) is 4.79 Å². The van der Waals surface area contributed by atoms with Crippen molar-refractivity contribution < 1.29 is 4.79 Å². The molecule has 3 nitrogen and oxygen atoms in total. The molecule has 0 aliphatic carbocycles. The number of benzene rings is 1. The highest BCUT2D eigenvalue weighted by Crippen LogP contribution is 2.22. The molecule has 4 heteroatoms. The summed E-state index contributed by atoms with van der Waals surface area (Å²) in [5.74, 6) is -0.156. The molecule has 1 amide bonds. The fourth-order valence-electron chi connectivity index (χ4n) is 1.41. The zero-order valence-corrected chi connectivity index (χ0v) is 10.2. The van der Waals surface area contributed by atoms with E-state index >= 15 is 0 Å². The molecule has 0 aliphatic heterocycles. The van der Waals surface area contributed by atoms with Crippen LogP contribution in [0.4, 0.5) is 5.69 Å². The summed E-state index contributed by atoms with van der Waals surface area (Å²) in [4.78, 5) is 11.7. The van der Waals surface area contributed by atoms with Crippen LogP contribution in [-0.2, 0) is 0 Å². The second kappa shape index (κ2) is 6.38. The minimum absolute atomic E-state index is 0.156. The lowest BCUT2D eigenvalue weighted by atomic mass is 10.1. The van der Waals surface area contributed by atoms with Gasteiger partial charge in [-0.15, -0.1) is 0 Å². The standard InChI is InChI=1S/C12H17ClN2O/c1-2-3-4-8-15-12(16)9-6-5-7-10(13)11(9)14/h5-7H,2-4,8,14H2,1H3,(H,15,16). The zero-order valence-electron chi connectivity index (χ0n) is 9.42. The van der Waals surface area contributed by atoms with Gasteiger partial charge in [0.05, 0.1) is 16.3 Å². The van der Waals surface area contributed by atoms with Crippen LogP contribution in [0.1, 0.15) is 36.5 Å². The van der Waals surface area contributed by atoms with Crippen LogP contribution in [0.2, 0.25) is 5.02 Å². The Balaban J connectivity index is 2.56. The van der Waals surface area contributed by atoms with Gasteiger partial charge in [0.1, 0.15) is 0 Å². The third-order valence-electron chi connectivity index (χ3n) is 2.36. The Labute approximate surface area is 101 Å². The van der Waals surface area contributed by atoms with E-state index in [0.29, 0.717) is 22.8 Å². The summed E-state index contributed by atoms with van der Waals surface area (Å²) in [7, 11) is 0. The molecule has 0 saturated carbocycles. The van der Waals surface area contributed by atoms with Gasteiger partial charge < -0.3 is 11.1 Å². The van der Waals surface area contributed by atoms with Crippen LogP contribution in [0.5, 0.6) is 0 Å². The van der Waals surface area contributed by atoms with E-state index in [4.69, 9.17) is 17.3 Å². The molecule has 3 N–H and O–H groups in total. The summed E-state index contributed by atoms with van der Waals surface area (Å²) in [5.41, 5.74) is 6.51. The van der Waals surface area contributed by atoms with Gasteiger partial charge in [0.15, 0.2) is 0 Å². The third kappa shape index (κ3) is 3.42. The molecular formula is C12H17ClN2O. The maximum absolute atomic E-state index is 11.7. The van der Waals surface area contributed by atoms with Gasteiger partial charge in [0.25, 0.3) is 5.91 Å². The van der Waals surface area contributed by atoms with Crippen molar-refractivity contribution in [2.24, 2.45) is 0 Å². The highest BCUT2D eigenvalue weighted by Gasteiger charge is 2.10. The van der Waals surface area contributed by atoms with Crippen LogP contribution in [0.3, 0.4) is 0 Å². The fourth-order valence-corrected chi connectivity index (χ4v) is 1.58. The van der Waals surface area contributed by atoms with Crippen molar-refractivity contribution >= 4 is 23.2 Å². The van der Waals surface area contributed by atoms with Gasteiger partial charge in [-0.2, -0.15) is 0 Å². The number of nitrogens with one attached hydrogen (secondary N) is 1. The number of rotatable bonds is 5. The van der Waals surface area contributed by atoms with E-state index in [1.54, 1.807) is 18.2 Å². The number of unbranched alkanes of at least 4 members (excludes halogenated alkanes) is 2. The Bertz CT molecular complexity index is 366. The van der Waals surface area contributed by atoms with Crippen molar-refractivity contribution in [1.82, 2.24) is 5.32 Å². The first-order valence-electron chi connectivity index (χ1n) is 5.49. The smallest absolute Gasteiger partial charge is 0.253 e. The Morgan fingerprint density at radius 2 is 2.19 bits per heavy atom. The molecule has 1 aromatic carbocycles. The maximum atomic E-state index is 11.7. The summed E-state index contributed by atoms with van der Waals surface area (Å²) < 4.78 is 0. The number of hydrogen-bond acceptors (Lipinski definition) is 2. The molecule has 1 rings (SSSR count). The number of amides is 1. The Morgan fingerprint density at radius 3 is 2.88 bits per heavy atom. The van der Waals surface area contributed by atoms with Crippen molar-refractivity contribution in [1.29, 1.82) is 0 Å². The predicted molar refractivity (Wildman–Crippen MR) is 67.7 cm³/mol. The quantitative estimate of drug-likeness (QED) is 0.614. The minimum Gasteiger partial charge on any atom is -0.397 e. The second-order valence-corrected chi connectivity index (χ2v) is 4.07. The van der Waals surface area contributed by atoms with E-state index in [0.717, 1.165) is 19.3 Å². The molecule has 0 radical (unpaired) electrons. The van der Waals surface area contributed by atoms with Gasteiger partial charge >= 0.3 is 0 Å².